The van der Waals surface area contributed by atoms with E-state index in [2.05, 4.69) is 21.2 Å². The number of ether oxygens (including phenoxy) is 1. The largest absolute Gasteiger partial charge is 0.488 e. The van der Waals surface area contributed by atoms with Crippen LogP contribution >= 0.6 is 39.1 Å². The Morgan fingerprint density at radius 3 is 2.53 bits per heavy atom. The molecule has 4 rings (SSSR count). The molecule has 0 aromatic heterocycles. The minimum Gasteiger partial charge on any atom is -0.488 e. The fourth-order valence-corrected chi connectivity index (χ4v) is 4.23. The number of nitrogens with one attached hydrogen (secondary N) is 1. The number of barbiturate groups is 1. The number of anilines is 1. The van der Waals surface area contributed by atoms with Crippen LogP contribution in [0.2, 0.25) is 10.0 Å². The first-order valence-electron chi connectivity index (χ1n) is 10.1. The number of hydrogen-bond donors (Lipinski definition) is 1. The van der Waals surface area contributed by atoms with Gasteiger partial charge in [0.05, 0.1) is 10.2 Å². The summed E-state index contributed by atoms with van der Waals surface area (Å²) >= 11 is 15.7. The van der Waals surface area contributed by atoms with Crippen molar-refractivity contribution in [2.24, 2.45) is 0 Å². The Morgan fingerprint density at radius 1 is 1.03 bits per heavy atom. The van der Waals surface area contributed by atoms with Crippen LogP contribution in [0, 0.1) is 6.92 Å². The van der Waals surface area contributed by atoms with Gasteiger partial charge in [-0.05, 0) is 70.4 Å². The number of nitrogens with zero attached hydrogens (tertiary/aromatic N) is 1. The number of carbonyl (C=O) groups excluding carboxylic acids is 3. The van der Waals surface area contributed by atoms with Crippen molar-refractivity contribution in [3.63, 3.8) is 0 Å². The summed E-state index contributed by atoms with van der Waals surface area (Å²) in [5.74, 6) is -0.955. The molecule has 34 heavy (non-hydrogen) atoms. The lowest BCUT2D eigenvalue weighted by molar-refractivity contribution is -0.122. The SMILES string of the molecule is Cc1ccc(Cl)cc1N1C(=O)NC(=O)/C(=C\c2ccc(OCc3ccccc3Cl)c(Br)c2)C1=O. The van der Waals surface area contributed by atoms with Gasteiger partial charge in [0.1, 0.15) is 17.9 Å². The second-order valence-corrected chi connectivity index (χ2v) is 9.16. The first-order chi connectivity index (χ1) is 16.2. The van der Waals surface area contributed by atoms with Crippen LogP contribution in [0.15, 0.2) is 70.7 Å². The lowest BCUT2D eigenvalue weighted by Gasteiger charge is -2.27. The molecule has 0 aliphatic carbocycles. The lowest BCUT2D eigenvalue weighted by atomic mass is 10.1. The average molecular weight is 560 g/mol. The van der Waals surface area contributed by atoms with Crippen molar-refractivity contribution in [2.45, 2.75) is 13.5 Å². The molecule has 1 aliphatic rings. The third-order valence-electron chi connectivity index (χ3n) is 5.12. The molecule has 0 radical (unpaired) electrons. The summed E-state index contributed by atoms with van der Waals surface area (Å²) in [5, 5.41) is 3.18. The van der Waals surface area contributed by atoms with E-state index in [0.29, 0.717) is 37.1 Å². The van der Waals surface area contributed by atoms with Crippen LogP contribution in [-0.2, 0) is 16.2 Å². The first-order valence-corrected chi connectivity index (χ1v) is 11.6. The molecule has 0 unspecified atom stereocenters. The molecule has 172 valence electrons. The van der Waals surface area contributed by atoms with Gasteiger partial charge in [0, 0.05) is 15.6 Å². The van der Waals surface area contributed by atoms with E-state index in [-0.39, 0.29) is 12.2 Å². The molecule has 1 saturated heterocycles. The lowest BCUT2D eigenvalue weighted by Crippen LogP contribution is -2.54. The molecular weight excluding hydrogens is 543 g/mol. The number of carbonyl (C=O) groups is 3. The summed E-state index contributed by atoms with van der Waals surface area (Å²) < 4.78 is 6.46. The number of aryl methyl sites for hydroxylation is 1. The van der Waals surface area contributed by atoms with Crippen molar-refractivity contribution in [3.8, 4) is 5.75 Å². The highest BCUT2D eigenvalue weighted by Gasteiger charge is 2.37. The molecule has 0 atom stereocenters. The second-order valence-electron chi connectivity index (χ2n) is 7.46. The number of rotatable bonds is 5. The summed E-state index contributed by atoms with van der Waals surface area (Å²) in [4.78, 5) is 39.0. The molecule has 0 saturated carbocycles. The normalized spacial score (nSPS) is 15.0. The molecule has 1 fully saturated rings. The van der Waals surface area contributed by atoms with Crippen molar-refractivity contribution < 1.29 is 19.1 Å². The summed E-state index contributed by atoms with van der Waals surface area (Å²) in [6.45, 7) is 2.01. The standard InChI is InChI=1S/C25H17BrCl2N2O4/c1-14-6-8-17(27)12-21(14)30-24(32)18(23(31)29-25(30)33)10-15-7-9-22(19(26)11-15)34-13-16-4-2-3-5-20(16)28/h2-12H,13H2,1H3,(H,29,31,33)/b18-10+. The van der Waals surface area contributed by atoms with Crippen molar-refractivity contribution in [1.82, 2.24) is 5.32 Å². The summed E-state index contributed by atoms with van der Waals surface area (Å²) in [6.07, 6.45) is 1.42. The predicted molar refractivity (Wildman–Crippen MR) is 135 cm³/mol. The molecule has 0 spiro atoms. The maximum Gasteiger partial charge on any atom is 0.335 e. The quantitative estimate of drug-likeness (QED) is 0.293. The van der Waals surface area contributed by atoms with Gasteiger partial charge in [0.25, 0.3) is 11.8 Å². The number of amides is 4. The monoisotopic (exact) mass is 558 g/mol. The van der Waals surface area contributed by atoms with Crippen LogP contribution in [0.4, 0.5) is 10.5 Å². The van der Waals surface area contributed by atoms with E-state index in [1.165, 1.54) is 12.1 Å². The highest BCUT2D eigenvalue weighted by molar-refractivity contribution is 9.10. The number of urea groups is 1. The molecule has 6 nitrogen and oxygen atoms in total. The number of benzene rings is 3. The van der Waals surface area contributed by atoms with Crippen molar-refractivity contribution in [3.05, 3.63) is 97.4 Å². The molecule has 3 aromatic carbocycles. The van der Waals surface area contributed by atoms with Gasteiger partial charge in [0.2, 0.25) is 0 Å². The van der Waals surface area contributed by atoms with Crippen LogP contribution in [0.3, 0.4) is 0 Å². The van der Waals surface area contributed by atoms with Crippen molar-refractivity contribution in [1.29, 1.82) is 0 Å². The molecule has 3 aromatic rings. The first kappa shape index (κ1) is 24.0. The van der Waals surface area contributed by atoms with E-state index >= 15 is 0 Å². The number of imide groups is 2. The topological polar surface area (TPSA) is 75.7 Å². The van der Waals surface area contributed by atoms with E-state index in [0.717, 1.165) is 10.5 Å². The molecule has 1 aliphatic heterocycles. The Kier molecular flexibility index (Phi) is 7.07. The third-order valence-corrected chi connectivity index (χ3v) is 6.35. The van der Waals surface area contributed by atoms with E-state index < -0.39 is 17.8 Å². The second kappa shape index (κ2) is 10.0. The minimum absolute atomic E-state index is 0.185. The maximum absolute atomic E-state index is 13.1. The molecule has 1 N–H and O–H groups in total. The van der Waals surface area contributed by atoms with Crippen LogP contribution in [0.5, 0.6) is 5.75 Å². The fourth-order valence-electron chi connectivity index (χ4n) is 3.36. The zero-order chi connectivity index (χ0) is 24.4. The molecular formula is C25H17BrCl2N2O4. The highest BCUT2D eigenvalue weighted by atomic mass is 79.9. The van der Waals surface area contributed by atoms with E-state index in [4.69, 9.17) is 27.9 Å². The third kappa shape index (κ3) is 5.01. The Bertz CT molecular complexity index is 1360. The maximum atomic E-state index is 13.1. The van der Waals surface area contributed by atoms with Crippen LogP contribution in [0.1, 0.15) is 16.7 Å². The van der Waals surface area contributed by atoms with Gasteiger partial charge in [-0.1, -0.05) is 53.5 Å². The van der Waals surface area contributed by atoms with E-state index in [1.54, 1.807) is 43.3 Å². The molecule has 1 heterocycles. The van der Waals surface area contributed by atoms with Gasteiger partial charge in [0.15, 0.2) is 0 Å². The Labute approximate surface area is 214 Å². The van der Waals surface area contributed by atoms with Crippen molar-refractivity contribution in [2.75, 3.05) is 4.90 Å². The smallest absolute Gasteiger partial charge is 0.335 e. The summed E-state index contributed by atoms with van der Waals surface area (Å²) in [5.41, 5.74) is 2.18. The Balaban J connectivity index is 1.60. The van der Waals surface area contributed by atoms with Crippen LogP contribution < -0.4 is 15.0 Å². The number of halogens is 3. The van der Waals surface area contributed by atoms with Gasteiger partial charge in [-0.2, -0.15) is 0 Å². The Morgan fingerprint density at radius 2 is 1.79 bits per heavy atom. The average Bonchev–Trinajstić information content (AvgIpc) is 2.79. The van der Waals surface area contributed by atoms with Gasteiger partial charge < -0.3 is 4.74 Å². The number of hydrogen-bond acceptors (Lipinski definition) is 4. The van der Waals surface area contributed by atoms with E-state index in [1.807, 2.05) is 18.2 Å². The van der Waals surface area contributed by atoms with Gasteiger partial charge in [-0.3, -0.25) is 14.9 Å². The summed E-state index contributed by atoms with van der Waals surface area (Å²) in [7, 11) is 0. The van der Waals surface area contributed by atoms with Gasteiger partial charge >= 0.3 is 6.03 Å². The van der Waals surface area contributed by atoms with Crippen molar-refractivity contribution >= 4 is 68.7 Å². The zero-order valence-corrected chi connectivity index (χ0v) is 20.9. The Hall–Kier alpha value is -3.13. The zero-order valence-electron chi connectivity index (χ0n) is 17.8. The fraction of sp³-hybridized carbons (Fsp3) is 0.0800. The van der Waals surface area contributed by atoms with E-state index in [9.17, 15) is 14.4 Å². The molecule has 4 amide bonds. The summed E-state index contributed by atoms with van der Waals surface area (Å²) in [6, 6.07) is 16.5. The molecule has 0 bridgehead atoms. The van der Waals surface area contributed by atoms with Gasteiger partial charge in [-0.25, -0.2) is 9.69 Å². The highest BCUT2D eigenvalue weighted by Crippen LogP contribution is 2.31. The predicted octanol–water partition coefficient (Wildman–Crippen LogP) is 6.31. The minimum atomic E-state index is -0.831. The van der Waals surface area contributed by atoms with Crippen LogP contribution in [-0.4, -0.2) is 17.8 Å². The van der Waals surface area contributed by atoms with Crippen LogP contribution in [0.25, 0.3) is 6.08 Å². The van der Waals surface area contributed by atoms with Gasteiger partial charge in [-0.15, -0.1) is 0 Å². The molecule has 9 heteroatoms.